The third kappa shape index (κ3) is 4.80. The van der Waals surface area contributed by atoms with E-state index in [0.717, 1.165) is 5.69 Å². The Labute approximate surface area is 167 Å². The van der Waals surface area contributed by atoms with E-state index in [0.29, 0.717) is 19.0 Å². The second-order valence-corrected chi connectivity index (χ2v) is 8.34. The first-order valence-electron chi connectivity index (χ1n) is 6.92. The number of thioether (sulfide) groups is 1. The van der Waals surface area contributed by atoms with Crippen molar-refractivity contribution in [1.29, 1.82) is 0 Å². The minimum atomic E-state index is -0.195. The summed E-state index contributed by atoms with van der Waals surface area (Å²) in [6.45, 7) is 0. The lowest BCUT2D eigenvalue weighted by Crippen LogP contribution is -2.14. The molecule has 3 aromatic rings. The number of anilines is 1. The van der Waals surface area contributed by atoms with E-state index in [-0.39, 0.29) is 16.8 Å². The lowest BCUT2D eigenvalue weighted by molar-refractivity contribution is -0.113. The van der Waals surface area contributed by atoms with Crippen LogP contribution in [-0.2, 0) is 4.79 Å². The monoisotopic (exact) mass is 428 g/mol. The number of halogens is 2. The molecule has 0 saturated carbocycles. The van der Waals surface area contributed by atoms with Crippen molar-refractivity contribution in [2.75, 3.05) is 11.1 Å². The van der Waals surface area contributed by atoms with Crippen molar-refractivity contribution < 1.29 is 4.79 Å². The molecule has 0 aliphatic rings. The Morgan fingerprint density at radius 2 is 2.04 bits per heavy atom. The van der Waals surface area contributed by atoms with Crippen LogP contribution >= 0.6 is 58.5 Å². The minimum absolute atomic E-state index is 0.189. The Morgan fingerprint density at radius 1 is 1.28 bits per heavy atom. The number of carbonyl (C=O) groups is 1. The molecule has 128 valence electrons. The average Bonchev–Trinajstić information content (AvgIpc) is 2.97. The number of amides is 1. The molecule has 0 bridgehead atoms. The summed E-state index contributed by atoms with van der Waals surface area (Å²) in [7, 11) is 0. The minimum Gasteiger partial charge on any atom is -0.323 e. The van der Waals surface area contributed by atoms with Crippen LogP contribution in [0.5, 0.6) is 0 Å². The lowest BCUT2D eigenvalue weighted by Gasteiger charge is -2.05. The molecule has 1 N–H and O–H groups in total. The molecule has 0 radical (unpaired) electrons. The largest absolute Gasteiger partial charge is 0.323 e. The molecule has 1 amide bonds. The van der Waals surface area contributed by atoms with Crippen LogP contribution < -0.4 is 5.32 Å². The van der Waals surface area contributed by atoms with Crippen molar-refractivity contribution in [2.45, 2.75) is 4.34 Å². The summed E-state index contributed by atoms with van der Waals surface area (Å²) in [6.07, 6.45) is 1.56. The number of hydrogen-bond acceptors (Lipinski definition) is 6. The van der Waals surface area contributed by atoms with Gasteiger partial charge in [-0.2, -0.15) is 0 Å². The normalized spacial score (nSPS) is 10.6. The van der Waals surface area contributed by atoms with Gasteiger partial charge in [0.2, 0.25) is 5.91 Å². The van der Waals surface area contributed by atoms with Crippen molar-refractivity contribution in [3.8, 4) is 5.69 Å². The topological polar surface area (TPSA) is 59.8 Å². The predicted molar refractivity (Wildman–Crippen MR) is 106 cm³/mol. The van der Waals surface area contributed by atoms with Crippen LogP contribution in [0.15, 0.2) is 46.9 Å². The van der Waals surface area contributed by atoms with Gasteiger partial charge in [-0.05, 0) is 48.6 Å². The molecule has 0 aliphatic carbocycles. The third-order valence-electron chi connectivity index (χ3n) is 2.96. The van der Waals surface area contributed by atoms with Crippen LogP contribution in [0.2, 0.25) is 10.2 Å². The average molecular weight is 429 g/mol. The van der Waals surface area contributed by atoms with Crippen molar-refractivity contribution >= 4 is 70.1 Å². The Kier molecular flexibility index (Phi) is 6.08. The molecule has 5 nitrogen and oxygen atoms in total. The van der Waals surface area contributed by atoms with Crippen molar-refractivity contribution in [3.63, 3.8) is 0 Å². The van der Waals surface area contributed by atoms with Crippen LogP contribution in [0, 0.1) is 3.95 Å². The molecule has 0 fully saturated rings. The molecule has 0 aliphatic heterocycles. The van der Waals surface area contributed by atoms with E-state index < -0.39 is 0 Å². The maximum atomic E-state index is 12.0. The summed E-state index contributed by atoms with van der Waals surface area (Å²) in [5.74, 6) is -0.00669. The quantitative estimate of drug-likeness (QED) is 0.348. The van der Waals surface area contributed by atoms with Crippen molar-refractivity contribution in [1.82, 2.24) is 14.8 Å². The van der Waals surface area contributed by atoms with Crippen LogP contribution in [0.3, 0.4) is 0 Å². The summed E-state index contributed by atoms with van der Waals surface area (Å²) in [5, 5.41) is 8.05. The van der Waals surface area contributed by atoms with Gasteiger partial charge in [0.1, 0.15) is 0 Å². The van der Waals surface area contributed by atoms with Gasteiger partial charge in [0.15, 0.2) is 13.4 Å². The van der Waals surface area contributed by atoms with Crippen LogP contribution in [0.25, 0.3) is 5.69 Å². The fraction of sp³-hybridized carbons (Fsp3) is 0.0667. The number of aromatic nitrogens is 3. The second-order valence-electron chi connectivity index (χ2n) is 4.70. The maximum absolute atomic E-state index is 12.0. The van der Waals surface area contributed by atoms with Crippen LogP contribution in [0.1, 0.15) is 0 Å². The zero-order valence-electron chi connectivity index (χ0n) is 12.5. The Hall–Kier alpha value is -1.45. The number of benzene rings is 1. The molecule has 2 aromatic heterocycles. The number of carbonyl (C=O) groups excluding carboxylic acids is 1. The lowest BCUT2D eigenvalue weighted by atomic mass is 10.3. The van der Waals surface area contributed by atoms with Gasteiger partial charge in [0, 0.05) is 11.2 Å². The third-order valence-corrected chi connectivity index (χ3v) is 5.88. The number of pyridine rings is 1. The highest BCUT2D eigenvalue weighted by molar-refractivity contribution is 8.01. The molecular formula is C15H10Cl2N4OS3. The molecule has 0 spiro atoms. The Bertz CT molecular complexity index is 956. The molecule has 10 heteroatoms. The predicted octanol–water partition coefficient (Wildman–Crippen LogP) is 5.10. The number of rotatable bonds is 5. The molecule has 2 heterocycles. The first-order chi connectivity index (χ1) is 12.0. The van der Waals surface area contributed by atoms with Crippen molar-refractivity contribution in [3.05, 3.63) is 56.7 Å². The van der Waals surface area contributed by atoms with E-state index in [4.69, 9.17) is 35.4 Å². The van der Waals surface area contributed by atoms with Gasteiger partial charge < -0.3 is 5.32 Å². The Balaban J connectivity index is 1.65. The summed E-state index contributed by atoms with van der Waals surface area (Å²) in [6, 6.07) is 10.6. The molecule has 1 aromatic carbocycles. The standard InChI is InChI=1S/C15H10Cl2N4OS3/c16-9-3-5-10(6-4-9)21-15(23)25-14(20-21)24-8-12(22)19-11-2-1-7-18-13(11)17/h1-7H,8H2,(H,19,22). The highest BCUT2D eigenvalue weighted by atomic mass is 35.5. The zero-order chi connectivity index (χ0) is 17.8. The van der Waals surface area contributed by atoms with Gasteiger partial charge in [-0.3, -0.25) is 4.79 Å². The smallest absolute Gasteiger partial charge is 0.234 e. The molecule has 25 heavy (non-hydrogen) atoms. The van der Waals surface area contributed by atoms with E-state index >= 15 is 0 Å². The van der Waals surface area contributed by atoms with Gasteiger partial charge in [-0.25, -0.2) is 9.67 Å². The van der Waals surface area contributed by atoms with E-state index in [9.17, 15) is 4.79 Å². The van der Waals surface area contributed by atoms with Crippen LogP contribution in [-0.4, -0.2) is 26.4 Å². The van der Waals surface area contributed by atoms with Gasteiger partial charge >= 0.3 is 0 Å². The van der Waals surface area contributed by atoms with Gasteiger partial charge in [0.25, 0.3) is 0 Å². The fourth-order valence-corrected chi connectivity index (χ4v) is 4.31. The highest BCUT2D eigenvalue weighted by Crippen LogP contribution is 2.25. The maximum Gasteiger partial charge on any atom is 0.234 e. The second kappa shape index (κ2) is 8.29. The van der Waals surface area contributed by atoms with Gasteiger partial charge in [-0.15, -0.1) is 5.10 Å². The molecule has 0 unspecified atom stereocenters. The van der Waals surface area contributed by atoms with Crippen molar-refractivity contribution in [2.24, 2.45) is 0 Å². The highest BCUT2D eigenvalue weighted by Gasteiger charge is 2.11. The first kappa shape index (κ1) is 18.3. The fourth-order valence-electron chi connectivity index (χ4n) is 1.86. The Morgan fingerprint density at radius 3 is 2.76 bits per heavy atom. The van der Waals surface area contributed by atoms with E-state index in [1.54, 1.807) is 35.1 Å². The summed E-state index contributed by atoms with van der Waals surface area (Å²) in [4.78, 5) is 16.0. The van der Waals surface area contributed by atoms with E-state index in [1.807, 2.05) is 12.1 Å². The first-order valence-corrected chi connectivity index (χ1v) is 9.89. The SMILES string of the molecule is O=C(CSc1nn(-c2ccc(Cl)cc2)c(=S)s1)Nc1cccnc1Cl. The van der Waals surface area contributed by atoms with Crippen LogP contribution in [0.4, 0.5) is 5.69 Å². The number of nitrogens with one attached hydrogen (secondary N) is 1. The summed E-state index contributed by atoms with van der Waals surface area (Å²) >= 11 is 19.8. The summed E-state index contributed by atoms with van der Waals surface area (Å²) in [5.41, 5.74) is 1.30. The molecule has 0 saturated heterocycles. The van der Waals surface area contributed by atoms with Gasteiger partial charge in [-0.1, -0.05) is 46.3 Å². The number of nitrogens with zero attached hydrogens (tertiary/aromatic N) is 3. The molecule has 3 rings (SSSR count). The summed E-state index contributed by atoms with van der Waals surface area (Å²) < 4.78 is 2.95. The number of hydrogen-bond donors (Lipinski definition) is 1. The molecular weight excluding hydrogens is 419 g/mol. The van der Waals surface area contributed by atoms with E-state index in [1.165, 1.54) is 23.1 Å². The van der Waals surface area contributed by atoms with E-state index in [2.05, 4.69) is 15.4 Å². The zero-order valence-corrected chi connectivity index (χ0v) is 16.4. The molecule has 0 atom stereocenters. The van der Waals surface area contributed by atoms with Gasteiger partial charge in [0.05, 0.1) is 17.1 Å².